The van der Waals surface area contributed by atoms with Crippen LogP contribution in [0.25, 0.3) is 0 Å². The Labute approximate surface area is 72.6 Å². The van der Waals surface area contributed by atoms with E-state index in [2.05, 4.69) is 5.43 Å². The molecule has 5 N–H and O–H groups in total. The number of nitrogens with two attached hydrogens (primary N) is 2. The van der Waals surface area contributed by atoms with Crippen molar-refractivity contribution in [2.24, 2.45) is 17.5 Å². The van der Waals surface area contributed by atoms with E-state index < -0.39 is 0 Å². The second-order valence-electron chi connectivity index (χ2n) is 3.81. The molecule has 1 saturated carbocycles. The lowest BCUT2D eigenvalue weighted by Crippen LogP contribution is -2.54. The van der Waals surface area contributed by atoms with Crippen molar-refractivity contribution < 1.29 is 4.79 Å². The third-order valence-electron chi connectivity index (χ3n) is 2.71. The van der Waals surface area contributed by atoms with Crippen molar-refractivity contribution in [3.05, 3.63) is 0 Å². The molecule has 1 rings (SSSR count). The summed E-state index contributed by atoms with van der Waals surface area (Å²) < 4.78 is 0. The van der Waals surface area contributed by atoms with Crippen LogP contribution in [-0.4, -0.2) is 11.4 Å². The molecule has 1 fully saturated rings. The van der Waals surface area contributed by atoms with Crippen molar-refractivity contribution in [3.8, 4) is 0 Å². The van der Waals surface area contributed by atoms with Gasteiger partial charge in [0.25, 0.3) is 0 Å². The molecule has 0 aromatic rings. The van der Waals surface area contributed by atoms with Crippen LogP contribution in [0.15, 0.2) is 0 Å². The van der Waals surface area contributed by atoms with E-state index in [1.165, 1.54) is 0 Å². The van der Waals surface area contributed by atoms with Gasteiger partial charge in [0, 0.05) is 5.54 Å². The molecule has 0 unspecified atom stereocenters. The molecule has 0 spiro atoms. The SMILES string of the molecule is C[C@]1(N)CCCC[C@H]1C(=O)NN. The van der Waals surface area contributed by atoms with E-state index >= 15 is 0 Å². The van der Waals surface area contributed by atoms with E-state index in [0.29, 0.717) is 0 Å². The molecule has 0 aromatic carbocycles. The summed E-state index contributed by atoms with van der Waals surface area (Å²) in [6.07, 6.45) is 3.95. The summed E-state index contributed by atoms with van der Waals surface area (Å²) in [4.78, 5) is 11.3. The maximum atomic E-state index is 11.3. The van der Waals surface area contributed by atoms with Crippen molar-refractivity contribution in [2.45, 2.75) is 38.1 Å². The predicted octanol–water partition coefficient (Wildman–Crippen LogP) is -0.116. The number of hydrogen-bond acceptors (Lipinski definition) is 3. The van der Waals surface area contributed by atoms with E-state index in [0.717, 1.165) is 25.7 Å². The lowest BCUT2D eigenvalue weighted by Gasteiger charge is -2.36. The summed E-state index contributed by atoms with van der Waals surface area (Å²) >= 11 is 0. The minimum Gasteiger partial charge on any atom is -0.325 e. The zero-order valence-electron chi connectivity index (χ0n) is 7.47. The normalized spacial score (nSPS) is 36.1. The number of hydrogen-bond donors (Lipinski definition) is 3. The summed E-state index contributed by atoms with van der Waals surface area (Å²) in [6, 6.07) is 0. The monoisotopic (exact) mass is 171 g/mol. The molecule has 2 atom stereocenters. The Morgan fingerprint density at radius 2 is 2.25 bits per heavy atom. The van der Waals surface area contributed by atoms with Crippen LogP contribution in [0.2, 0.25) is 0 Å². The topological polar surface area (TPSA) is 81.1 Å². The molecular formula is C8H17N3O. The molecule has 4 heteroatoms. The Kier molecular flexibility index (Phi) is 2.69. The van der Waals surface area contributed by atoms with Gasteiger partial charge in [0.2, 0.25) is 5.91 Å². The molecule has 0 radical (unpaired) electrons. The maximum absolute atomic E-state index is 11.3. The molecule has 70 valence electrons. The molecule has 12 heavy (non-hydrogen) atoms. The van der Waals surface area contributed by atoms with Crippen LogP contribution in [0.4, 0.5) is 0 Å². The molecule has 0 bridgehead atoms. The van der Waals surface area contributed by atoms with Crippen LogP contribution in [0.3, 0.4) is 0 Å². The quantitative estimate of drug-likeness (QED) is 0.292. The first-order valence-electron chi connectivity index (χ1n) is 4.37. The van der Waals surface area contributed by atoms with Gasteiger partial charge < -0.3 is 5.73 Å². The number of nitrogens with one attached hydrogen (secondary N) is 1. The van der Waals surface area contributed by atoms with Crippen molar-refractivity contribution in [1.29, 1.82) is 0 Å². The zero-order valence-corrected chi connectivity index (χ0v) is 7.47. The molecule has 4 nitrogen and oxygen atoms in total. The summed E-state index contributed by atoms with van der Waals surface area (Å²) in [5.41, 5.74) is 7.78. The van der Waals surface area contributed by atoms with Crippen LogP contribution in [0.1, 0.15) is 32.6 Å². The summed E-state index contributed by atoms with van der Waals surface area (Å²) in [5.74, 6) is 4.83. The molecular weight excluding hydrogens is 154 g/mol. The highest BCUT2D eigenvalue weighted by Crippen LogP contribution is 2.31. The third kappa shape index (κ3) is 1.76. The minimum atomic E-state index is -0.373. The smallest absolute Gasteiger partial charge is 0.238 e. The highest BCUT2D eigenvalue weighted by atomic mass is 16.2. The highest BCUT2D eigenvalue weighted by molar-refractivity contribution is 5.79. The van der Waals surface area contributed by atoms with Crippen LogP contribution < -0.4 is 17.0 Å². The average Bonchev–Trinajstić information content (AvgIpc) is 2.02. The Balaban J connectivity index is 2.66. The number of carbonyl (C=O) groups excluding carboxylic acids is 1. The van der Waals surface area contributed by atoms with Crippen LogP contribution in [0, 0.1) is 5.92 Å². The molecule has 1 aliphatic carbocycles. The van der Waals surface area contributed by atoms with Gasteiger partial charge in [-0.25, -0.2) is 5.84 Å². The van der Waals surface area contributed by atoms with E-state index in [9.17, 15) is 4.79 Å². The first-order valence-corrected chi connectivity index (χ1v) is 4.37. The highest BCUT2D eigenvalue weighted by Gasteiger charge is 2.37. The zero-order chi connectivity index (χ0) is 9.19. The summed E-state index contributed by atoms with van der Waals surface area (Å²) in [5, 5.41) is 0. The summed E-state index contributed by atoms with van der Waals surface area (Å²) in [6.45, 7) is 1.92. The molecule has 0 saturated heterocycles. The molecule has 1 amide bonds. The fourth-order valence-electron chi connectivity index (χ4n) is 1.89. The lowest BCUT2D eigenvalue weighted by molar-refractivity contribution is -0.128. The summed E-state index contributed by atoms with van der Waals surface area (Å²) in [7, 11) is 0. The van der Waals surface area contributed by atoms with E-state index in [1.807, 2.05) is 6.92 Å². The number of hydrazine groups is 1. The first-order chi connectivity index (χ1) is 5.58. The van der Waals surface area contributed by atoms with Crippen molar-refractivity contribution in [3.63, 3.8) is 0 Å². The number of carbonyl (C=O) groups is 1. The average molecular weight is 171 g/mol. The number of amides is 1. The largest absolute Gasteiger partial charge is 0.325 e. The molecule has 1 aliphatic rings. The van der Waals surface area contributed by atoms with Gasteiger partial charge in [-0.15, -0.1) is 0 Å². The minimum absolute atomic E-state index is 0.115. The third-order valence-corrected chi connectivity index (χ3v) is 2.71. The Hall–Kier alpha value is -0.610. The molecule has 0 heterocycles. The van der Waals surface area contributed by atoms with Crippen molar-refractivity contribution in [2.75, 3.05) is 0 Å². The van der Waals surface area contributed by atoms with Gasteiger partial charge in [-0.05, 0) is 19.8 Å². The Morgan fingerprint density at radius 1 is 1.58 bits per heavy atom. The van der Waals surface area contributed by atoms with Gasteiger partial charge in [0.1, 0.15) is 0 Å². The Bertz CT molecular complexity index is 179. The van der Waals surface area contributed by atoms with Crippen molar-refractivity contribution in [1.82, 2.24) is 5.43 Å². The lowest BCUT2D eigenvalue weighted by atomic mass is 9.74. The van der Waals surface area contributed by atoms with E-state index in [1.54, 1.807) is 0 Å². The van der Waals surface area contributed by atoms with Crippen LogP contribution >= 0.6 is 0 Å². The van der Waals surface area contributed by atoms with Crippen molar-refractivity contribution >= 4 is 5.91 Å². The standard InChI is InChI=1S/C8H17N3O/c1-8(9)5-3-2-4-6(8)7(12)11-10/h6H,2-5,9-10H2,1H3,(H,11,12)/t6-,8-/m0/s1. The predicted molar refractivity (Wildman–Crippen MR) is 46.9 cm³/mol. The van der Waals surface area contributed by atoms with Gasteiger partial charge in [-0.3, -0.25) is 10.2 Å². The number of rotatable bonds is 1. The van der Waals surface area contributed by atoms with E-state index in [4.69, 9.17) is 11.6 Å². The second kappa shape index (κ2) is 3.41. The maximum Gasteiger partial charge on any atom is 0.238 e. The van der Waals surface area contributed by atoms with Gasteiger partial charge in [0.05, 0.1) is 5.92 Å². The second-order valence-corrected chi connectivity index (χ2v) is 3.81. The van der Waals surface area contributed by atoms with Crippen LogP contribution in [-0.2, 0) is 4.79 Å². The molecule has 0 aliphatic heterocycles. The fraction of sp³-hybridized carbons (Fsp3) is 0.875. The van der Waals surface area contributed by atoms with Gasteiger partial charge in [-0.1, -0.05) is 12.8 Å². The fourth-order valence-corrected chi connectivity index (χ4v) is 1.89. The van der Waals surface area contributed by atoms with Gasteiger partial charge in [-0.2, -0.15) is 0 Å². The van der Waals surface area contributed by atoms with E-state index in [-0.39, 0.29) is 17.4 Å². The van der Waals surface area contributed by atoms with Gasteiger partial charge >= 0.3 is 0 Å². The van der Waals surface area contributed by atoms with Gasteiger partial charge in [0.15, 0.2) is 0 Å². The molecule has 0 aromatic heterocycles. The Morgan fingerprint density at radius 3 is 2.75 bits per heavy atom. The first kappa shape index (κ1) is 9.48. The van der Waals surface area contributed by atoms with Crippen LogP contribution in [0.5, 0.6) is 0 Å².